The third kappa shape index (κ3) is 1.51. The summed E-state index contributed by atoms with van der Waals surface area (Å²) in [7, 11) is 2.03. The topological polar surface area (TPSA) is 30.9 Å². The van der Waals surface area contributed by atoms with Crippen molar-refractivity contribution in [2.45, 2.75) is 31.2 Å². The van der Waals surface area contributed by atoms with E-state index in [0.717, 1.165) is 10.4 Å². The molecule has 1 aliphatic carbocycles. The molecule has 0 aliphatic heterocycles. The molecule has 2 N–H and O–H groups in total. The molecule has 0 saturated heterocycles. The van der Waals surface area contributed by atoms with Crippen LogP contribution in [-0.4, -0.2) is 10.6 Å². The van der Waals surface area contributed by atoms with Gasteiger partial charge in [0.25, 0.3) is 0 Å². The van der Waals surface area contributed by atoms with Crippen LogP contribution in [0.25, 0.3) is 10.9 Å². The van der Waals surface area contributed by atoms with Gasteiger partial charge in [-0.2, -0.15) is 0 Å². The van der Waals surface area contributed by atoms with Gasteiger partial charge in [-0.1, -0.05) is 23.7 Å². The lowest BCUT2D eigenvalue weighted by Crippen LogP contribution is -2.31. The van der Waals surface area contributed by atoms with Gasteiger partial charge in [-0.25, -0.2) is 0 Å². The molecule has 1 saturated carbocycles. The van der Waals surface area contributed by atoms with Crippen molar-refractivity contribution in [3.63, 3.8) is 0 Å². The fraction of sp³-hybridized carbons (Fsp3) is 0.429. The van der Waals surface area contributed by atoms with Crippen molar-refractivity contribution in [2.75, 3.05) is 0 Å². The second kappa shape index (κ2) is 3.50. The fourth-order valence-electron chi connectivity index (χ4n) is 2.79. The number of benzene rings is 1. The Labute approximate surface area is 106 Å². The largest absolute Gasteiger partial charge is 0.349 e. The van der Waals surface area contributed by atoms with Crippen LogP contribution in [0, 0.1) is 0 Å². The Kier molecular flexibility index (Phi) is 2.29. The molecule has 1 atom stereocenters. The quantitative estimate of drug-likeness (QED) is 0.869. The van der Waals surface area contributed by atoms with Gasteiger partial charge in [0.05, 0.1) is 5.02 Å². The second-order valence-corrected chi connectivity index (χ2v) is 5.67. The van der Waals surface area contributed by atoms with Gasteiger partial charge in [-0.3, -0.25) is 0 Å². The maximum Gasteiger partial charge on any atom is 0.0661 e. The number of aryl methyl sites for hydroxylation is 1. The van der Waals surface area contributed by atoms with Crippen molar-refractivity contribution in [2.24, 2.45) is 12.8 Å². The molecule has 1 aromatic heterocycles. The lowest BCUT2D eigenvalue weighted by atomic mass is 9.89. The van der Waals surface area contributed by atoms with Crippen LogP contribution in [0.2, 0.25) is 5.02 Å². The molecule has 1 fully saturated rings. The van der Waals surface area contributed by atoms with E-state index >= 15 is 0 Å². The van der Waals surface area contributed by atoms with Crippen LogP contribution in [0.3, 0.4) is 0 Å². The van der Waals surface area contributed by atoms with E-state index in [0.29, 0.717) is 0 Å². The predicted molar refractivity (Wildman–Crippen MR) is 72.5 cm³/mol. The van der Waals surface area contributed by atoms with E-state index in [1.54, 1.807) is 0 Å². The van der Waals surface area contributed by atoms with E-state index in [1.807, 2.05) is 13.2 Å². The van der Waals surface area contributed by atoms with Gasteiger partial charge in [0, 0.05) is 35.6 Å². The highest BCUT2D eigenvalue weighted by molar-refractivity contribution is 6.35. The molecule has 2 nitrogen and oxygen atoms in total. The smallest absolute Gasteiger partial charge is 0.0661 e. The first-order valence-corrected chi connectivity index (χ1v) is 6.43. The van der Waals surface area contributed by atoms with Gasteiger partial charge in [0.15, 0.2) is 0 Å². The van der Waals surface area contributed by atoms with Crippen molar-refractivity contribution in [1.29, 1.82) is 0 Å². The fourth-order valence-corrected chi connectivity index (χ4v) is 3.09. The summed E-state index contributed by atoms with van der Waals surface area (Å²) in [6.45, 7) is 2.11. The molecule has 0 spiro atoms. The average molecular weight is 249 g/mol. The van der Waals surface area contributed by atoms with Crippen molar-refractivity contribution < 1.29 is 0 Å². The molecular weight excluding hydrogens is 232 g/mol. The SMILES string of the molecule is CC(N)C1(c2ccc3c(Cl)cn(C)c3c2)CC1. The molecule has 90 valence electrons. The van der Waals surface area contributed by atoms with E-state index in [2.05, 4.69) is 29.7 Å². The third-order valence-electron chi connectivity index (χ3n) is 4.18. The predicted octanol–water partition coefficient (Wildman–Crippen LogP) is 3.21. The molecule has 1 aromatic carbocycles. The van der Waals surface area contributed by atoms with Crippen LogP contribution in [-0.2, 0) is 12.5 Å². The number of rotatable bonds is 2. The Balaban J connectivity index is 2.17. The minimum atomic E-state index is 0.213. The Morgan fingerprint density at radius 1 is 1.41 bits per heavy atom. The lowest BCUT2D eigenvalue weighted by Gasteiger charge is -2.20. The Hall–Kier alpha value is -0.990. The summed E-state index contributed by atoms with van der Waals surface area (Å²) < 4.78 is 2.08. The second-order valence-electron chi connectivity index (χ2n) is 5.26. The molecule has 0 amide bonds. The van der Waals surface area contributed by atoms with Gasteiger partial charge in [-0.15, -0.1) is 0 Å². The molecular formula is C14H17ClN2. The normalized spacial score (nSPS) is 19.5. The zero-order chi connectivity index (χ0) is 12.2. The Bertz CT molecular complexity index is 579. The number of fused-ring (bicyclic) bond motifs is 1. The van der Waals surface area contributed by atoms with Crippen LogP contribution in [0.4, 0.5) is 0 Å². The molecule has 0 radical (unpaired) electrons. The van der Waals surface area contributed by atoms with E-state index in [1.165, 1.54) is 23.9 Å². The first kappa shape index (κ1) is 11.1. The van der Waals surface area contributed by atoms with Crippen molar-refractivity contribution in [3.05, 3.63) is 35.0 Å². The van der Waals surface area contributed by atoms with E-state index in [9.17, 15) is 0 Å². The minimum Gasteiger partial charge on any atom is -0.349 e. The Morgan fingerprint density at radius 3 is 2.71 bits per heavy atom. The summed E-state index contributed by atoms with van der Waals surface area (Å²) in [5.41, 5.74) is 8.89. The number of nitrogens with two attached hydrogens (primary N) is 1. The summed E-state index contributed by atoms with van der Waals surface area (Å²) in [6.07, 6.45) is 4.37. The van der Waals surface area contributed by atoms with E-state index in [4.69, 9.17) is 17.3 Å². The average Bonchev–Trinajstić information content (AvgIpc) is 3.04. The number of hydrogen-bond donors (Lipinski definition) is 1. The number of hydrogen-bond acceptors (Lipinski definition) is 1. The third-order valence-corrected chi connectivity index (χ3v) is 4.48. The zero-order valence-corrected chi connectivity index (χ0v) is 11.0. The monoisotopic (exact) mass is 248 g/mol. The van der Waals surface area contributed by atoms with Gasteiger partial charge < -0.3 is 10.3 Å². The van der Waals surface area contributed by atoms with Crippen molar-refractivity contribution >= 4 is 22.5 Å². The molecule has 1 aliphatic rings. The molecule has 1 unspecified atom stereocenters. The summed E-state index contributed by atoms with van der Waals surface area (Å²) >= 11 is 6.18. The van der Waals surface area contributed by atoms with Crippen LogP contribution in [0.5, 0.6) is 0 Å². The first-order valence-electron chi connectivity index (χ1n) is 6.05. The summed E-state index contributed by atoms with van der Waals surface area (Å²) in [5, 5.41) is 1.94. The lowest BCUT2D eigenvalue weighted by molar-refractivity contribution is 0.557. The first-order chi connectivity index (χ1) is 8.04. The Morgan fingerprint density at radius 2 is 2.12 bits per heavy atom. The van der Waals surface area contributed by atoms with Gasteiger partial charge in [-0.05, 0) is 31.4 Å². The van der Waals surface area contributed by atoms with Gasteiger partial charge in [0.1, 0.15) is 0 Å². The molecule has 1 heterocycles. The zero-order valence-electron chi connectivity index (χ0n) is 10.2. The van der Waals surface area contributed by atoms with Gasteiger partial charge in [0.2, 0.25) is 0 Å². The molecule has 2 aromatic rings. The van der Waals surface area contributed by atoms with Crippen LogP contribution in [0.1, 0.15) is 25.3 Å². The molecule has 0 bridgehead atoms. The number of nitrogens with zero attached hydrogens (tertiary/aromatic N) is 1. The standard InChI is InChI=1S/C14H17ClN2/c1-9(16)14(5-6-14)10-3-4-11-12(15)8-17(2)13(11)7-10/h3-4,7-9H,5-6,16H2,1-2H3. The maximum absolute atomic E-state index is 6.18. The molecule has 3 rings (SSSR count). The van der Waals surface area contributed by atoms with E-state index < -0.39 is 0 Å². The van der Waals surface area contributed by atoms with Gasteiger partial charge >= 0.3 is 0 Å². The molecule has 17 heavy (non-hydrogen) atoms. The van der Waals surface area contributed by atoms with Crippen LogP contribution in [0.15, 0.2) is 24.4 Å². The maximum atomic E-state index is 6.18. The summed E-state index contributed by atoms with van der Waals surface area (Å²) in [5.74, 6) is 0. The highest BCUT2D eigenvalue weighted by Gasteiger charge is 2.47. The van der Waals surface area contributed by atoms with Crippen molar-refractivity contribution in [1.82, 2.24) is 4.57 Å². The summed E-state index contributed by atoms with van der Waals surface area (Å²) in [6, 6.07) is 6.77. The van der Waals surface area contributed by atoms with Crippen molar-refractivity contribution in [3.8, 4) is 0 Å². The van der Waals surface area contributed by atoms with Crippen LogP contribution >= 0.6 is 11.6 Å². The number of halogens is 1. The highest BCUT2D eigenvalue weighted by atomic mass is 35.5. The summed E-state index contributed by atoms with van der Waals surface area (Å²) in [4.78, 5) is 0. The molecule has 3 heteroatoms. The highest BCUT2D eigenvalue weighted by Crippen LogP contribution is 2.50. The minimum absolute atomic E-state index is 0.213. The number of aromatic nitrogens is 1. The van der Waals surface area contributed by atoms with Crippen LogP contribution < -0.4 is 5.73 Å². The van der Waals surface area contributed by atoms with E-state index in [-0.39, 0.29) is 11.5 Å².